The Bertz CT molecular complexity index is 1400. The number of halogens is 1. The summed E-state index contributed by atoms with van der Waals surface area (Å²) in [4.78, 5) is 38.5. The molecule has 0 atom stereocenters. The molecule has 4 N–H and O–H groups in total. The van der Waals surface area contributed by atoms with E-state index in [0.29, 0.717) is 54.5 Å². The van der Waals surface area contributed by atoms with Crippen LogP contribution >= 0.6 is 0 Å². The van der Waals surface area contributed by atoms with Crippen molar-refractivity contribution in [1.29, 1.82) is 0 Å². The van der Waals surface area contributed by atoms with Crippen molar-refractivity contribution >= 4 is 39.7 Å². The van der Waals surface area contributed by atoms with Crippen LogP contribution in [0.4, 0.5) is 10.2 Å². The Kier molecular flexibility index (Phi) is 5.62. The smallest absolute Gasteiger partial charge is 0.311 e. The largest absolute Gasteiger partial charge is 0.371 e. The van der Waals surface area contributed by atoms with Crippen LogP contribution in [0.2, 0.25) is 0 Å². The van der Waals surface area contributed by atoms with Crippen molar-refractivity contribution in [2.75, 3.05) is 38.5 Å². The molecule has 1 aliphatic rings. The number of H-pyrrole nitrogens is 1. The first kappa shape index (κ1) is 21.8. The Balaban J connectivity index is 1.41. The average molecular weight is 465 g/mol. The Hall–Kier alpha value is -3.99. The number of nitrogens with one attached hydrogen (secondary N) is 4. The highest BCUT2D eigenvalue weighted by Crippen LogP contribution is 2.32. The van der Waals surface area contributed by atoms with Gasteiger partial charge in [-0.25, -0.2) is 14.4 Å². The summed E-state index contributed by atoms with van der Waals surface area (Å²) >= 11 is 0. The van der Waals surface area contributed by atoms with Crippen LogP contribution in [0.3, 0.4) is 0 Å². The van der Waals surface area contributed by atoms with Gasteiger partial charge in [-0.05, 0) is 29.8 Å². The van der Waals surface area contributed by atoms with Gasteiger partial charge in [-0.2, -0.15) is 0 Å². The Morgan fingerprint density at radius 1 is 1.18 bits per heavy atom. The summed E-state index contributed by atoms with van der Waals surface area (Å²) in [6.45, 7) is 2.34. The van der Waals surface area contributed by atoms with Crippen LogP contribution in [-0.2, 0) is 23.2 Å². The number of hydrogen-bond acceptors (Lipinski definition) is 6. The van der Waals surface area contributed by atoms with Gasteiger partial charge in [-0.3, -0.25) is 9.59 Å². The lowest BCUT2D eigenvalue weighted by Crippen LogP contribution is -2.51. The molecule has 176 valence electrons. The van der Waals surface area contributed by atoms with Gasteiger partial charge in [-0.1, -0.05) is 0 Å². The van der Waals surface area contributed by atoms with Gasteiger partial charge < -0.3 is 30.4 Å². The van der Waals surface area contributed by atoms with E-state index in [1.807, 2.05) is 17.7 Å². The van der Waals surface area contributed by atoms with Gasteiger partial charge in [0.15, 0.2) is 5.82 Å². The third-order valence-electron chi connectivity index (χ3n) is 5.99. The lowest BCUT2D eigenvalue weighted by molar-refractivity contribution is -0.146. The molecule has 1 aromatic carbocycles. The van der Waals surface area contributed by atoms with Crippen molar-refractivity contribution in [1.82, 2.24) is 35.1 Å². The average Bonchev–Trinajstić information content (AvgIpc) is 3.45. The van der Waals surface area contributed by atoms with Crippen LogP contribution in [0.25, 0.3) is 33.3 Å². The van der Waals surface area contributed by atoms with Crippen molar-refractivity contribution < 1.29 is 14.0 Å². The number of benzene rings is 1. The summed E-state index contributed by atoms with van der Waals surface area (Å²) in [6, 6.07) is 6.46. The van der Waals surface area contributed by atoms with Gasteiger partial charge in [0.25, 0.3) is 0 Å². The second-order valence-electron chi connectivity index (χ2n) is 8.28. The number of nitrogens with zero attached hydrogens (tertiary/aromatic N) is 4. The molecule has 34 heavy (non-hydrogen) atoms. The number of anilines is 1. The van der Waals surface area contributed by atoms with E-state index in [4.69, 9.17) is 0 Å². The number of aryl methyl sites for hydroxylation is 1. The van der Waals surface area contributed by atoms with Crippen LogP contribution in [0.1, 0.15) is 5.56 Å². The maximum Gasteiger partial charge on any atom is 0.311 e. The number of carbonyl (C=O) groups is 2. The summed E-state index contributed by atoms with van der Waals surface area (Å²) in [6.07, 6.45) is 1.73. The maximum atomic E-state index is 14.5. The van der Waals surface area contributed by atoms with Crippen LogP contribution in [0.15, 0.2) is 30.6 Å². The van der Waals surface area contributed by atoms with E-state index in [-0.39, 0.29) is 6.54 Å². The predicted octanol–water partition coefficient (Wildman–Crippen LogP) is 1.35. The minimum atomic E-state index is -0.694. The predicted molar refractivity (Wildman–Crippen MR) is 127 cm³/mol. The lowest BCUT2D eigenvalue weighted by atomic mass is 10.1. The molecule has 2 amide bonds. The normalized spacial score (nSPS) is 14.0. The first-order chi connectivity index (χ1) is 16.4. The number of aromatic amines is 1. The number of amides is 2. The van der Waals surface area contributed by atoms with Gasteiger partial charge in [0.1, 0.15) is 17.0 Å². The topological polar surface area (TPSA) is 120 Å². The fourth-order valence-corrected chi connectivity index (χ4v) is 4.31. The molecule has 1 aliphatic heterocycles. The fourth-order valence-electron chi connectivity index (χ4n) is 4.31. The van der Waals surface area contributed by atoms with Crippen molar-refractivity contribution in [3.63, 3.8) is 0 Å². The zero-order chi connectivity index (χ0) is 23.8. The van der Waals surface area contributed by atoms with E-state index in [0.717, 1.165) is 16.4 Å². The van der Waals surface area contributed by atoms with Crippen LogP contribution in [0, 0.1) is 5.82 Å². The monoisotopic (exact) mass is 464 g/mol. The molecule has 4 heterocycles. The molecule has 11 heteroatoms. The molecule has 0 bridgehead atoms. The van der Waals surface area contributed by atoms with E-state index in [2.05, 4.69) is 30.9 Å². The number of aromatic nitrogens is 4. The Labute approximate surface area is 194 Å². The minimum Gasteiger partial charge on any atom is -0.371 e. The fraction of sp³-hybridized carbons (Fsp3) is 0.304. The molecular weight excluding hydrogens is 439 g/mol. The van der Waals surface area contributed by atoms with Crippen LogP contribution in [-0.4, -0.2) is 69.5 Å². The van der Waals surface area contributed by atoms with Gasteiger partial charge in [0, 0.05) is 63.5 Å². The number of fused-ring (bicyclic) bond motifs is 3. The summed E-state index contributed by atoms with van der Waals surface area (Å²) in [5.41, 5.74) is 4.15. The second-order valence-corrected chi connectivity index (χ2v) is 8.28. The Morgan fingerprint density at radius 2 is 1.97 bits per heavy atom. The molecule has 3 aromatic heterocycles. The quantitative estimate of drug-likeness (QED) is 0.339. The van der Waals surface area contributed by atoms with E-state index in [1.54, 1.807) is 19.4 Å². The Morgan fingerprint density at radius 3 is 2.74 bits per heavy atom. The summed E-state index contributed by atoms with van der Waals surface area (Å²) in [5.74, 6) is -1.06. The highest BCUT2D eigenvalue weighted by Gasteiger charge is 2.23. The third kappa shape index (κ3) is 3.94. The van der Waals surface area contributed by atoms with Crippen LogP contribution in [0.5, 0.6) is 0 Å². The molecule has 1 saturated heterocycles. The number of hydrogen-bond donors (Lipinski definition) is 4. The third-order valence-corrected chi connectivity index (χ3v) is 5.99. The van der Waals surface area contributed by atoms with Crippen molar-refractivity contribution in [2.45, 2.75) is 6.54 Å². The van der Waals surface area contributed by atoms with E-state index >= 15 is 0 Å². The summed E-state index contributed by atoms with van der Waals surface area (Å²) in [7, 11) is 3.69. The molecule has 0 spiro atoms. The number of imidazole rings is 1. The zero-order valence-corrected chi connectivity index (χ0v) is 18.9. The van der Waals surface area contributed by atoms with Crippen molar-refractivity contribution in [3.8, 4) is 11.3 Å². The molecule has 0 radical (unpaired) electrons. The first-order valence-corrected chi connectivity index (χ1v) is 11.0. The van der Waals surface area contributed by atoms with Crippen molar-refractivity contribution in [2.24, 2.45) is 7.05 Å². The first-order valence-electron chi connectivity index (χ1n) is 11.0. The highest BCUT2D eigenvalue weighted by molar-refractivity contribution is 6.35. The van der Waals surface area contributed by atoms with Crippen LogP contribution < -0.4 is 16.0 Å². The summed E-state index contributed by atoms with van der Waals surface area (Å²) < 4.78 is 16.4. The number of pyridine rings is 1. The summed E-state index contributed by atoms with van der Waals surface area (Å²) in [5, 5.41) is 9.68. The van der Waals surface area contributed by atoms with Gasteiger partial charge >= 0.3 is 11.8 Å². The number of piperazine rings is 1. The number of carbonyl (C=O) groups excluding carboxylic acids is 2. The SMILES string of the molecule is CNc1nc2[nH]c(-c3cc(F)cc(CNC(=O)C(=O)N4CCNCC4)c3)cc2c2c1ncn2C. The van der Waals surface area contributed by atoms with Gasteiger partial charge in [-0.15, -0.1) is 0 Å². The number of rotatable bonds is 4. The zero-order valence-electron chi connectivity index (χ0n) is 18.9. The van der Waals surface area contributed by atoms with E-state index < -0.39 is 17.6 Å². The van der Waals surface area contributed by atoms with E-state index in [9.17, 15) is 14.0 Å². The standard InChI is InChI=1S/C23H25FN8O2/c1-25-21-18-19(31(2)12-28-18)16-10-17(29-20(16)30-21)14-7-13(8-15(24)9-14)11-27-22(33)23(34)32-5-3-26-4-6-32/h7-10,12,26H,3-6,11H2,1-2H3,(H,27,33)(H2,25,29,30). The van der Waals surface area contributed by atoms with E-state index in [1.165, 1.54) is 17.0 Å². The van der Waals surface area contributed by atoms with Crippen molar-refractivity contribution in [3.05, 3.63) is 42.0 Å². The highest BCUT2D eigenvalue weighted by atomic mass is 19.1. The molecule has 5 rings (SSSR count). The molecule has 4 aromatic rings. The lowest BCUT2D eigenvalue weighted by Gasteiger charge is -2.26. The molecule has 0 aliphatic carbocycles. The molecule has 1 fully saturated rings. The van der Waals surface area contributed by atoms with Gasteiger partial charge in [0.05, 0.1) is 11.8 Å². The molecule has 10 nitrogen and oxygen atoms in total. The van der Waals surface area contributed by atoms with Gasteiger partial charge in [0.2, 0.25) is 0 Å². The maximum absolute atomic E-state index is 14.5. The molecule has 0 unspecified atom stereocenters. The minimum absolute atomic E-state index is 0.0375. The molecule has 0 saturated carbocycles. The molecular formula is C23H25FN8O2. The second kappa shape index (κ2) is 8.75.